The van der Waals surface area contributed by atoms with Crippen molar-refractivity contribution >= 4 is 54.5 Å². The molecule has 6 heteroatoms. The van der Waals surface area contributed by atoms with Crippen molar-refractivity contribution in [3.8, 4) is 51.4 Å². The quantitative estimate of drug-likeness (QED) is 0.170. The van der Waals surface area contributed by atoms with E-state index in [1.807, 2.05) is 6.07 Å². The van der Waals surface area contributed by atoms with Crippen molar-refractivity contribution in [2.45, 2.75) is 0 Å². The van der Waals surface area contributed by atoms with Gasteiger partial charge in [0, 0.05) is 55.1 Å². The van der Waals surface area contributed by atoms with E-state index in [0.29, 0.717) is 17.5 Å². The molecular formula is C53H34N6. The van der Waals surface area contributed by atoms with Crippen molar-refractivity contribution in [3.05, 3.63) is 206 Å². The van der Waals surface area contributed by atoms with Gasteiger partial charge in [-0.3, -0.25) is 0 Å². The first-order valence-electron chi connectivity index (χ1n) is 19.9. The highest BCUT2D eigenvalue weighted by molar-refractivity contribution is 6.15. The van der Waals surface area contributed by atoms with Gasteiger partial charge in [-0.05, 0) is 72.8 Å². The molecule has 0 bridgehead atoms. The van der Waals surface area contributed by atoms with Gasteiger partial charge in [0.05, 0.1) is 33.3 Å². The SMILES string of the molecule is c1ccc(-n2c(-c3nc(-c4cccc5c6ccccc6n(-c6ccccc6)c45)nc(-c4cccc5c6ccccc6n(-c6ccccc6)c45)n3)cc3ccccc32)cc1. The molecule has 0 N–H and O–H groups in total. The third-order valence-electron chi connectivity index (χ3n) is 11.5. The van der Waals surface area contributed by atoms with Crippen LogP contribution in [0.2, 0.25) is 0 Å². The van der Waals surface area contributed by atoms with Crippen LogP contribution in [0.5, 0.6) is 0 Å². The van der Waals surface area contributed by atoms with Gasteiger partial charge in [-0.1, -0.05) is 133 Å². The maximum Gasteiger partial charge on any atom is 0.180 e. The van der Waals surface area contributed by atoms with Crippen LogP contribution in [0.3, 0.4) is 0 Å². The van der Waals surface area contributed by atoms with Crippen LogP contribution in [-0.2, 0) is 0 Å². The lowest BCUT2D eigenvalue weighted by Gasteiger charge is -2.15. The Kier molecular flexibility index (Phi) is 7.43. The highest BCUT2D eigenvalue weighted by Crippen LogP contribution is 2.41. The van der Waals surface area contributed by atoms with E-state index in [1.54, 1.807) is 0 Å². The molecule has 12 aromatic rings. The monoisotopic (exact) mass is 754 g/mol. The van der Waals surface area contributed by atoms with Gasteiger partial charge in [0.1, 0.15) is 0 Å². The predicted molar refractivity (Wildman–Crippen MR) is 242 cm³/mol. The van der Waals surface area contributed by atoms with Gasteiger partial charge in [0.2, 0.25) is 0 Å². The van der Waals surface area contributed by atoms with E-state index in [4.69, 9.17) is 15.0 Å². The number of fused-ring (bicyclic) bond motifs is 7. The van der Waals surface area contributed by atoms with E-state index < -0.39 is 0 Å². The van der Waals surface area contributed by atoms with E-state index in [0.717, 1.165) is 77.6 Å². The van der Waals surface area contributed by atoms with Crippen molar-refractivity contribution < 1.29 is 0 Å². The van der Waals surface area contributed by atoms with E-state index in [9.17, 15) is 0 Å². The molecule has 0 radical (unpaired) electrons. The summed E-state index contributed by atoms with van der Waals surface area (Å²) in [4.78, 5) is 16.5. The molecule has 0 unspecified atom stereocenters. The number of benzene rings is 8. The fraction of sp³-hybridized carbons (Fsp3) is 0. The van der Waals surface area contributed by atoms with Gasteiger partial charge in [-0.2, -0.15) is 0 Å². The van der Waals surface area contributed by atoms with E-state index in [1.165, 1.54) is 10.8 Å². The van der Waals surface area contributed by atoms with Gasteiger partial charge >= 0.3 is 0 Å². The minimum atomic E-state index is 0.587. The van der Waals surface area contributed by atoms with Crippen LogP contribution in [0.4, 0.5) is 0 Å². The highest BCUT2D eigenvalue weighted by Gasteiger charge is 2.24. The first-order valence-corrected chi connectivity index (χ1v) is 19.9. The largest absolute Gasteiger partial charge is 0.309 e. The maximum absolute atomic E-state index is 5.51. The second-order valence-electron chi connectivity index (χ2n) is 14.8. The van der Waals surface area contributed by atoms with Crippen LogP contribution in [0, 0.1) is 0 Å². The van der Waals surface area contributed by atoms with Crippen LogP contribution in [0.15, 0.2) is 206 Å². The van der Waals surface area contributed by atoms with Crippen molar-refractivity contribution in [1.82, 2.24) is 28.7 Å². The molecule has 12 rings (SSSR count). The second kappa shape index (κ2) is 13.3. The van der Waals surface area contributed by atoms with Crippen molar-refractivity contribution in [3.63, 3.8) is 0 Å². The zero-order valence-electron chi connectivity index (χ0n) is 31.8. The molecule has 0 aliphatic carbocycles. The minimum absolute atomic E-state index is 0.587. The summed E-state index contributed by atoms with van der Waals surface area (Å²) in [6, 6.07) is 72.4. The van der Waals surface area contributed by atoms with Crippen LogP contribution in [0.1, 0.15) is 0 Å². The summed E-state index contributed by atoms with van der Waals surface area (Å²) < 4.78 is 6.96. The smallest absolute Gasteiger partial charge is 0.180 e. The van der Waals surface area contributed by atoms with Crippen molar-refractivity contribution in [1.29, 1.82) is 0 Å². The molecule has 4 aromatic heterocycles. The number of para-hydroxylation sites is 8. The summed E-state index contributed by atoms with van der Waals surface area (Å²) in [6.07, 6.45) is 0. The van der Waals surface area contributed by atoms with Gasteiger partial charge < -0.3 is 13.7 Å². The summed E-state index contributed by atoms with van der Waals surface area (Å²) in [5.41, 5.74) is 11.3. The Labute approximate surface area is 339 Å². The Hall–Kier alpha value is -8.09. The molecule has 6 nitrogen and oxygen atoms in total. The van der Waals surface area contributed by atoms with Gasteiger partial charge in [0.15, 0.2) is 17.5 Å². The Morgan fingerprint density at radius 1 is 0.288 bits per heavy atom. The number of hydrogen-bond donors (Lipinski definition) is 0. The molecule has 0 saturated heterocycles. The van der Waals surface area contributed by atoms with E-state index >= 15 is 0 Å². The standard InChI is InChI=1S/C53H34N6/c1-4-19-36(20-5-1)57-45-31-13-10-18-35(45)34-48(57)53-55-51(43-29-16-27-41-39-25-11-14-32-46(39)58(49(41)43)37-21-6-2-7-22-37)54-52(56-53)44-30-17-28-42-40-26-12-15-33-47(40)59(50(42)44)38-23-8-3-9-24-38/h1-34H. The maximum atomic E-state index is 5.51. The summed E-state index contributed by atoms with van der Waals surface area (Å²) >= 11 is 0. The third-order valence-corrected chi connectivity index (χ3v) is 11.5. The Bertz CT molecular complexity index is 3370. The Morgan fingerprint density at radius 3 is 1.19 bits per heavy atom. The Balaban J connectivity index is 1.22. The molecule has 0 aliphatic heterocycles. The summed E-state index contributed by atoms with van der Waals surface area (Å²) in [7, 11) is 0. The lowest BCUT2D eigenvalue weighted by molar-refractivity contribution is 1.03. The second-order valence-corrected chi connectivity index (χ2v) is 14.8. The molecule has 8 aromatic carbocycles. The molecule has 0 saturated carbocycles. The van der Waals surface area contributed by atoms with Gasteiger partial charge in [-0.15, -0.1) is 0 Å². The van der Waals surface area contributed by atoms with Gasteiger partial charge in [0.25, 0.3) is 0 Å². The zero-order chi connectivity index (χ0) is 38.9. The minimum Gasteiger partial charge on any atom is -0.309 e. The summed E-state index contributed by atoms with van der Waals surface area (Å²) in [6.45, 7) is 0. The number of hydrogen-bond acceptors (Lipinski definition) is 3. The normalized spacial score (nSPS) is 11.7. The van der Waals surface area contributed by atoms with E-state index in [2.05, 4.69) is 214 Å². The fourth-order valence-corrected chi connectivity index (χ4v) is 8.99. The predicted octanol–water partition coefficient (Wildman–Crippen LogP) is 13.0. The summed E-state index contributed by atoms with van der Waals surface area (Å²) in [5.74, 6) is 1.78. The number of rotatable bonds is 6. The fourth-order valence-electron chi connectivity index (χ4n) is 8.99. The first-order chi connectivity index (χ1) is 29.3. The van der Waals surface area contributed by atoms with E-state index in [-0.39, 0.29) is 0 Å². The molecule has 0 spiro atoms. The van der Waals surface area contributed by atoms with Crippen LogP contribution < -0.4 is 0 Å². The molecule has 59 heavy (non-hydrogen) atoms. The van der Waals surface area contributed by atoms with Crippen molar-refractivity contribution in [2.75, 3.05) is 0 Å². The molecule has 0 fully saturated rings. The Morgan fingerprint density at radius 2 is 0.678 bits per heavy atom. The average Bonchev–Trinajstić information content (AvgIpc) is 3.98. The summed E-state index contributed by atoms with van der Waals surface area (Å²) in [5, 5.41) is 5.71. The molecule has 4 heterocycles. The average molecular weight is 755 g/mol. The lowest BCUT2D eigenvalue weighted by Crippen LogP contribution is -2.05. The number of nitrogens with zero attached hydrogens (tertiary/aromatic N) is 6. The molecule has 0 aliphatic rings. The topological polar surface area (TPSA) is 53.5 Å². The third kappa shape index (κ3) is 5.17. The van der Waals surface area contributed by atoms with Gasteiger partial charge in [-0.25, -0.2) is 15.0 Å². The molecule has 0 amide bonds. The highest BCUT2D eigenvalue weighted by atomic mass is 15.1. The van der Waals surface area contributed by atoms with Crippen LogP contribution in [0.25, 0.3) is 106 Å². The molecule has 0 atom stereocenters. The number of aromatic nitrogens is 6. The molecule has 276 valence electrons. The lowest BCUT2D eigenvalue weighted by atomic mass is 10.1. The zero-order valence-corrected chi connectivity index (χ0v) is 31.8. The van der Waals surface area contributed by atoms with Crippen LogP contribution >= 0.6 is 0 Å². The molecular weight excluding hydrogens is 721 g/mol. The van der Waals surface area contributed by atoms with Crippen molar-refractivity contribution in [2.24, 2.45) is 0 Å². The van der Waals surface area contributed by atoms with Crippen LogP contribution in [-0.4, -0.2) is 28.7 Å². The first kappa shape index (κ1) is 33.1.